The highest BCUT2D eigenvalue weighted by Gasteiger charge is 2.08. The van der Waals surface area contributed by atoms with E-state index in [-0.39, 0.29) is 5.91 Å². The lowest BCUT2D eigenvalue weighted by Gasteiger charge is -2.16. The van der Waals surface area contributed by atoms with Gasteiger partial charge in [-0.2, -0.15) is 0 Å². The van der Waals surface area contributed by atoms with Crippen LogP contribution in [-0.4, -0.2) is 43.6 Å². The summed E-state index contributed by atoms with van der Waals surface area (Å²) in [4.78, 5) is 18.0. The van der Waals surface area contributed by atoms with Gasteiger partial charge in [-0.25, -0.2) is 0 Å². The van der Waals surface area contributed by atoms with Crippen LogP contribution in [0.2, 0.25) is 0 Å². The van der Waals surface area contributed by atoms with Crippen LogP contribution in [0.4, 0.5) is 0 Å². The first kappa shape index (κ1) is 18.5. The number of aromatic nitrogens is 1. The molecule has 0 fully saturated rings. The smallest absolute Gasteiger partial charge is 0.246 e. The SMILES string of the molecule is COc1ccc(CCN(C)C(=O)/C=C/c2cncc(C)c2)cc1OC. The summed E-state index contributed by atoms with van der Waals surface area (Å²) in [5, 5.41) is 0. The molecule has 0 saturated carbocycles. The maximum absolute atomic E-state index is 12.2. The molecule has 0 unspecified atom stereocenters. The van der Waals surface area contributed by atoms with E-state index in [0.717, 1.165) is 23.1 Å². The van der Waals surface area contributed by atoms with Crippen molar-refractivity contribution >= 4 is 12.0 Å². The number of rotatable bonds is 7. The van der Waals surface area contributed by atoms with Crippen molar-refractivity contribution in [2.45, 2.75) is 13.3 Å². The molecule has 0 spiro atoms. The predicted octanol–water partition coefficient (Wildman–Crippen LogP) is 3.12. The minimum absolute atomic E-state index is 0.0398. The number of benzene rings is 1. The van der Waals surface area contributed by atoms with E-state index in [1.807, 2.05) is 31.2 Å². The first-order chi connectivity index (χ1) is 12.0. The van der Waals surface area contributed by atoms with Gasteiger partial charge in [0.05, 0.1) is 14.2 Å². The number of methoxy groups -OCH3 is 2. The van der Waals surface area contributed by atoms with Crippen LogP contribution < -0.4 is 9.47 Å². The first-order valence-corrected chi connectivity index (χ1v) is 8.09. The van der Waals surface area contributed by atoms with Crippen molar-refractivity contribution < 1.29 is 14.3 Å². The molecule has 0 radical (unpaired) electrons. The lowest BCUT2D eigenvalue weighted by atomic mass is 10.1. The summed E-state index contributed by atoms with van der Waals surface area (Å²) < 4.78 is 10.5. The van der Waals surface area contributed by atoms with Crippen LogP contribution in [0.5, 0.6) is 11.5 Å². The zero-order valence-corrected chi connectivity index (χ0v) is 15.2. The molecule has 1 amide bonds. The second kappa shape index (κ2) is 8.87. The average Bonchev–Trinajstić information content (AvgIpc) is 2.63. The molecule has 0 aliphatic rings. The molecule has 0 aliphatic heterocycles. The van der Waals surface area contributed by atoms with Crippen LogP contribution in [0.15, 0.2) is 42.7 Å². The summed E-state index contributed by atoms with van der Waals surface area (Å²) in [5.74, 6) is 1.35. The van der Waals surface area contributed by atoms with Crippen molar-refractivity contribution in [3.63, 3.8) is 0 Å². The van der Waals surface area contributed by atoms with Gasteiger partial charge in [0.1, 0.15) is 0 Å². The fraction of sp³-hybridized carbons (Fsp3) is 0.300. The van der Waals surface area contributed by atoms with Gasteiger partial charge in [0, 0.05) is 32.1 Å². The molecule has 0 bridgehead atoms. The standard InChI is InChI=1S/C20H24N2O3/c1-15-11-17(14-21-13-15)6-8-20(23)22(2)10-9-16-5-7-18(24-3)19(12-16)25-4/h5-8,11-14H,9-10H2,1-4H3/b8-6+. The highest BCUT2D eigenvalue weighted by Crippen LogP contribution is 2.27. The van der Waals surface area contributed by atoms with Crippen LogP contribution in [0.3, 0.4) is 0 Å². The molecule has 0 aliphatic carbocycles. The Kier molecular flexibility index (Phi) is 6.57. The van der Waals surface area contributed by atoms with E-state index in [4.69, 9.17) is 9.47 Å². The van der Waals surface area contributed by atoms with E-state index in [1.165, 1.54) is 0 Å². The predicted molar refractivity (Wildman–Crippen MR) is 98.9 cm³/mol. The van der Waals surface area contributed by atoms with Gasteiger partial charge in [-0.1, -0.05) is 6.07 Å². The molecule has 0 saturated heterocycles. The van der Waals surface area contributed by atoms with Gasteiger partial charge in [0.15, 0.2) is 11.5 Å². The highest BCUT2D eigenvalue weighted by atomic mass is 16.5. The minimum Gasteiger partial charge on any atom is -0.493 e. The van der Waals surface area contributed by atoms with Gasteiger partial charge < -0.3 is 14.4 Å². The second-order valence-electron chi connectivity index (χ2n) is 5.83. The van der Waals surface area contributed by atoms with Gasteiger partial charge in [-0.05, 0) is 54.3 Å². The Morgan fingerprint density at radius 1 is 1.16 bits per heavy atom. The third kappa shape index (κ3) is 5.35. The number of pyridine rings is 1. The van der Waals surface area contributed by atoms with Crippen molar-refractivity contribution in [1.82, 2.24) is 9.88 Å². The number of carbonyl (C=O) groups is 1. The summed E-state index contributed by atoms with van der Waals surface area (Å²) >= 11 is 0. The summed E-state index contributed by atoms with van der Waals surface area (Å²) in [6, 6.07) is 7.78. The van der Waals surface area contributed by atoms with Crippen molar-refractivity contribution in [2.75, 3.05) is 27.8 Å². The molecular formula is C20H24N2O3. The largest absolute Gasteiger partial charge is 0.493 e. The van der Waals surface area contributed by atoms with Crippen molar-refractivity contribution in [3.05, 3.63) is 59.4 Å². The van der Waals surface area contributed by atoms with E-state index in [2.05, 4.69) is 4.98 Å². The zero-order chi connectivity index (χ0) is 18.2. The molecule has 2 rings (SSSR count). The Morgan fingerprint density at radius 3 is 2.60 bits per heavy atom. The Hall–Kier alpha value is -2.82. The summed E-state index contributed by atoms with van der Waals surface area (Å²) in [7, 11) is 5.02. The fourth-order valence-electron chi connectivity index (χ4n) is 2.41. The van der Waals surface area contributed by atoms with Crippen LogP contribution in [0.1, 0.15) is 16.7 Å². The normalized spacial score (nSPS) is 10.7. The highest BCUT2D eigenvalue weighted by molar-refractivity contribution is 5.91. The Morgan fingerprint density at radius 2 is 1.92 bits per heavy atom. The van der Waals surface area contributed by atoms with E-state index in [0.29, 0.717) is 18.0 Å². The van der Waals surface area contributed by atoms with E-state index >= 15 is 0 Å². The number of aryl methyl sites for hydroxylation is 1. The van der Waals surface area contributed by atoms with E-state index in [9.17, 15) is 4.79 Å². The molecule has 1 aromatic carbocycles. The van der Waals surface area contributed by atoms with E-state index < -0.39 is 0 Å². The molecule has 5 nitrogen and oxygen atoms in total. The molecular weight excluding hydrogens is 316 g/mol. The minimum atomic E-state index is -0.0398. The second-order valence-corrected chi connectivity index (χ2v) is 5.83. The van der Waals surface area contributed by atoms with Crippen LogP contribution >= 0.6 is 0 Å². The average molecular weight is 340 g/mol. The molecule has 132 valence electrons. The van der Waals surface area contributed by atoms with Gasteiger partial charge in [-0.15, -0.1) is 0 Å². The number of ether oxygens (including phenoxy) is 2. The van der Waals surface area contributed by atoms with Gasteiger partial charge in [0.25, 0.3) is 0 Å². The third-order valence-electron chi connectivity index (χ3n) is 3.87. The molecule has 0 N–H and O–H groups in total. The quantitative estimate of drug-likeness (QED) is 0.727. The van der Waals surface area contributed by atoms with Crippen molar-refractivity contribution in [1.29, 1.82) is 0 Å². The third-order valence-corrected chi connectivity index (χ3v) is 3.87. The number of carbonyl (C=O) groups excluding carboxylic acids is 1. The molecule has 1 heterocycles. The Labute approximate surface area is 148 Å². The van der Waals surface area contributed by atoms with Crippen LogP contribution in [0, 0.1) is 6.92 Å². The number of hydrogen-bond acceptors (Lipinski definition) is 4. The van der Waals surface area contributed by atoms with Crippen molar-refractivity contribution in [3.8, 4) is 11.5 Å². The van der Waals surface area contributed by atoms with Crippen LogP contribution in [0.25, 0.3) is 6.08 Å². The molecule has 0 atom stereocenters. The number of hydrogen-bond donors (Lipinski definition) is 0. The Balaban J connectivity index is 1.93. The topological polar surface area (TPSA) is 51.7 Å². The molecule has 5 heteroatoms. The monoisotopic (exact) mass is 340 g/mol. The summed E-state index contributed by atoms with van der Waals surface area (Å²) in [5.41, 5.74) is 3.07. The molecule has 2 aromatic rings. The zero-order valence-electron chi connectivity index (χ0n) is 15.2. The number of nitrogens with zero attached hydrogens (tertiary/aromatic N) is 2. The van der Waals surface area contributed by atoms with Crippen molar-refractivity contribution in [2.24, 2.45) is 0 Å². The van der Waals surface area contributed by atoms with Gasteiger partial charge >= 0.3 is 0 Å². The Bertz CT molecular complexity index is 756. The summed E-state index contributed by atoms with van der Waals surface area (Å²) in [6.07, 6.45) is 7.62. The fourth-order valence-corrected chi connectivity index (χ4v) is 2.41. The lowest BCUT2D eigenvalue weighted by molar-refractivity contribution is -0.124. The lowest BCUT2D eigenvalue weighted by Crippen LogP contribution is -2.27. The van der Waals surface area contributed by atoms with Gasteiger partial charge in [-0.3, -0.25) is 9.78 Å². The summed E-state index contributed by atoms with van der Waals surface area (Å²) in [6.45, 7) is 2.59. The molecule has 1 aromatic heterocycles. The van der Waals surface area contributed by atoms with E-state index in [1.54, 1.807) is 50.7 Å². The van der Waals surface area contributed by atoms with Gasteiger partial charge in [0.2, 0.25) is 5.91 Å². The number of amides is 1. The first-order valence-electron chi connectivity index (χ1n) is 8.09. The maximum Gasteiger partial charge on any atom is 0.246 e. The molecule has 25 heavy (non-hydrogen) atoms. The van der Waals surface area contributed by atoms with Crippen LogP contribution in [-0.2, 0) is 11.2 Å². The number of likely N-dealkylation sites (N-methyl/N-ethyl adjacent to an activating group) is 1. The maximum atomic E-state index is 12.2.